The van der Waals surface area contributed by atoms with Crippen LogP contribution < -0.4 is 5.73 Å². The van der Waals surface area contributed by atoms with E-state index in [0.29, 0.717) is 26.7 Å². The van der Waals surface area contributed by atoms with E-state index in [2.05, 4.69) is 0 Å². The molecule has 0 aliphatic heterocycles. The summed E-state index contributed by atoms with van der Waals surface area (Å²) in [6, 6.07) is 9.72. The highest BCUT2D eigenvalue weighted by molar-refractivity contribution is 6.42. The maximum absolute atomic E-state index is 8.96. The van der Waals surface area contributed by atoms with E-state index in [-0.39, 0.29) is 6.42 Å². The van der Waals surface area contributed by atoms with Crippen molar-refractivity contribution in [3.8, 4) is 0 Å². The molecule has 0 saturated heterocycles. The number of benzene rings is 2. The van der Waals surface area contributed by atoms with Crippen LogP contribution in [0.1, 0.15) is 46.9 Å². The Morgan fingerprint density at radius 2 is 1.84 bits per heavy atom. The fraction of sp³-hybridized carbons (Fsp3) is 0.250. The van der Waals surface area contributed by atoms with Gasteiger partial charge in [-0.2, -0.15) is 0 Å². The first kappa shape index (κ1) is 9.02. The Balaban J connectivity index is 2.28. The third kappa shape index (κ3) is 2.38. The second kappa shape index (κ2) is 5.16. The summed E-state index contributed by atoms with van der Waals surface area (Å²) in [7, 11) is 0. The first-order valence-electron chi connectivity index (χ1n) is 7.94. The van der Waals surface area contributed by atoms with Crippen molar-refractivity contribution < 1.29 is 5.48 Å². The van der Waals surface area contributed by atoms with Crippen molar-refractivity contribution in [1.82, 2.24) is 0 Å². The molecule has 0 saturated carbocycles. The van der Waals surface area contributed by atoms with E-state index in [0.717, 1.165) is 0 Å². The molecule has 3 heteroatoms. The summed E-state index contributed by atoms with van der Waals surface area (Å²) in [6.45, 7) is 0. The molecule has 0 bridgehead atoms. The highest BCUT2D eigenvalue weighted by Crippen LogP contribution is 2.41. The Morgan fingerprint density at radius 3 is 2.58 bits per heavy atom. The van der Waals surface area contributed by atoms with Crippen LogP contribution in [0.2, 0.25) is 10.0 Å². The molecule has 98 valence electrons. The van der Waals surface area contributed by atoms with E-state index in [9.17, 15) is 0 Å². The van der Waals surface area contributed by atoms with Crippen LogP contribution in [0.25, 0.3) is 0 Å². The molecule has 19 heavy (non-hydrogen) atoms. The van der Waals surface area contributed by atoms with Gasteiger partial charge in [-0.15, -0.1) is 0 Å². The number of hydrogen-bond donors (Lipinski definition) is 1. The van der Waals surface area contributed by atoms with Crippen molar-refractivity contribution in [3.63, 3.8) is 0 Å². The highest BCUT2D eigenvalue weighted by atomic mass is 35.5. The Hall–Kier alpha value is -1.02. The quantitative estimate of drug-likeness (QED) is 0.794. The number of halogens is 2. The van der Waals surface area contributed by atoms with Gasteiger partial charge in [0, 0.05) is 16.0 Å². The zero-order valence-corrected chi connectivity index (χ0v) is 11.6. The molecule has 0 heterocycles. The zero-order chi connectivity index (χ0) is 17.0. The Kier molecular flexibility index (Phi) is 2.45. The van der Waals surface area contributed by atoms with E-state index in [4.69, 9.17) is 34.4 Å². The van der Waals surface area contributed by atoms with Crippen LogP contribution in [-0.2, 0) is 0 Å². The van der Waals surface area contributed by atoms with Gasteiger partial charge in [-0.1, -0.05) is 53.5 Å². The third-order valence-corrected chi connectivity index (χ3v) is 4.01. The Bertz CT molecular complexity index is 778. The number of hydrogen-bond acceptors (Lipinski definition) is 1. The molecule has 2 N–H and O–H groups in total. The van der Waals surface area contributed by atoms with Crippen LogP contribution in [0.15, 0.2) is 42.5 Å². The molecule has 2 aromatic rings. The standard InChI is InChI=1S/C16H15Cl2N/c17-14-7-5-10(9-15(14)18)11-6-8-16(19)13-4-2-1-3-12(11)13/h1-5,7,9,11,16H,6,8,19H2/t11-,16-/m0/s1/i8D2,11D,16D. The summed E-state index contributed by atoms with van der Waals surface area (Å²) in [5.74, 6) is -1.39. The fourth-order valence-corrected chi connectivity index (χ4v) is 2.59. The minimum atomic E-state index is -2.07. The largest absolute Gasteiger partial charge is 0.324 e. The predicted octanol–water partition coefficient (Wildman–Crippen LogP) is 4.92. The summed E-state index contributed by atoms with van der Waals surface area (Å²) in [6.07, 6.45) is -2.32. The lowest BCUT2D eigenvalue weighted by molar-refractivity contribution is 0.530. The number of rotatable bonds is 1. The summed E-state index contributed by atoms with van der Waals surface area (Å²) < 4.78 is 33.7. The molecule has 1 aliphatic carbocycles. The molecule has 3 rings (SSSR count). The minimum Gasteiger partial charge on any atom is -0.324 e. The molecule has 2 aromatic carbocycles. The molecule has 0 radical (unpaired) electrons. The van der Waals surface area contributed by atoms with Gasteiger partial charge in [0.05, 0.1) is 11.4 Å². The van der Waals surface area contributed by atoms with E-state index in [1.165, 1.54) is 0 Å². The van der Waals surface area contributed by atoms with Crippen molar-refractivity contribution in [2.24, 2.45) is 5.73 Å². The summed E-state index contributed by atoms with van der Waals surface area (Å²) >= 11 is 12.0. The molecule has 0 unspecified atom stereocenters. The second-order valence-electron chi connectivity index (χ2n) is 4.42. The van der Waals surface area contributed by atoms with Gasteiger partial charge in [0.1, 0.15) is 0 Å². The van der Waals surface area contributed by atoms with Crippen molar-refractivity contribution in [1.29, 1.82) is 0 Å². The average molecular weight is 296 g/mol. The molecule has 1 nitrogen and oxygen atoms in total. The van der Waals surface area contributed by atoms with Crippen LogP contribution in [0.5, 0.6) is 0 Å². The number of fused-ring (bicyclic) bond motifs is 1. The van der Waals surface area contributed by atoms with Crippen molar-refractivity contribution in [2.75, 3.05) is 0 Å². The van der Waals surface area contributed by atoms with Gasteiger partial charge >= 0.3 is 0 Å². The first-order valence-corrected chi connectivity index (χ1v) is 6.70. The van der Waals surface area contributed by atoms with Crippen molar-refractivity contribution in [2.45, 2.75) is 24.7 Å². The molecule has 0 fully saturated rings. The third-order valence-electron chi connectivity index (χ3n) is 3.27. The number of nitrogens with two attached hydrogens (primary N) is 1. The van der Waals surface area contributed by atoms with E-state index in [1.807, 2.05) is 0 Å². The van der Waals surface area contributed by atoms with Crippen molar-refractivity contribution >= 4 is 23.2 Å². The van der Waals surface area contributed by atoms with Gasteiger partial charge in [0.2, 0.25) is 0 Å². The topological polar surface area (TPSA) is 26.0 Å². The van der Waals surface area contributed by atoms with Crippen LogP contribution in [0.4, 0.5) is 0 Å². The van der Waals surface area contributed by atoms with Crippen molar-refractivity contribution in [3.05, 3.63) is 69.2 Å². The molecule has 2 atom stereocenters. The smallest absolute Gasteiger partial charge is 0.0595 e. The predicted molar refractivity (Wildman–Crippen MR) is 80.9 cm³/mol. The van der Waals surface area contributed by atoms with Gasteiger partial charge in [-0.3, -0.25) is 0 Å². The van der Waals surface area contributed by atoms with Gasteiger partial charge in [0.25, 0.3) is 0 Å². The highest BCUT2D eigenvalue weighted by Gasteiger charge is 2.26. The molecular weight excluding hydrogens is 277 g/mol. The summed E-state index contributed by atoms with van der Waals surface area (Å²) in [5.41, 5.74) is 7.34. The maximum Gasteiger partial charge on any atom is 0.0595 e. The average Bonchev–Trinajstić information content (AvgIpc) is 2.48. The Morgan fingerprint density at radius 1 is 1.11 bits per heavy atom. The minimum absolute atomic E-state index is 0.241. The van der Waals surface area contributed by atoms with E-state index in [1.54, 1.807) is 42.5 Å². The maximum atomic E-state index is 8.96. The van der Waals surface area contributed by atoms with Gasteiger partial charge in [0.15, 0.2) is 0 Å². The SMILES string of the molecule is [2H]C1([2H])C[C@@]([2H])(c2ccc(Cl)c(Cl)c2)c2ccccc2[C@@]1([2H])N. The lowest BCUT2D eigenvalue weighted by Gasteiger charge is -2.30. The monoisotopic (exact) mass is 295 g/mol. The van der Waals surface area contributed by atoms with E-state index >= 15 is 0 Å². The fourth-order valence-electron chi connectivity index (χ4n) is 2.30. The Labute approximate surface area is 129 Å². The molecule has 1 aliphatic rings. The van der Waals surface area contributed by atoms with Gasteiger partial charge < -0.3 is 5.73 Å². The van der Waals surface area contributed by atoms with Crippen LogP contribution in [-0.4, -0.2) is 0 Å². The molecule has 0 aromatic heterocycles. The normalized spacial score (nSPS) is 35.5. The molecular formula is C16H15Cl2N. The zero-order valence-electron chi connectivity index (χ0n) is 14.1. The lowest BCUT2D eigenvalue weighted by Crippen LogP contribution is -2.20. The summed E-state index contributed by atoms with van der Waals surface area (Å²) in [4.78, 5) is 0. The van der Waals surface area contributed by atoms with Gasteiger partial charge in [-0.25, -0.2) is 0 Å². The molecule has 0 amide bonds. The van der Waals surface area contributed by atoms with Crippen LogP contribution >= 0.6 is 23.2 Å². The first-order chi connectivity index (χ1) is 10.6. The van der Waals surface area contributed by atoms with E-state index < -0.39 is 18.3 Å². The van der Waals surface area contributed by atoms with Crippen LogP contribution in [0, 0.1) is 0 Å². The summed E-state index contributed by atoms with van der Waals surface area (Å²) in [5, 5.41) is 0.684. The van der Waals surface area contributed by atoms with Crippen LogP contribution in [0.3, 0.4) is 0 Å². The van der Waals surface area contributed by atoms with Gasteiger partial charge in [-0.05, 0) is 41.6 Å². The second-order valence-corrected chi connectivity index (χ2v) is 5.23. The lowest BCUT2D eigenvalue weighted by atomic mass is 9.77. The molecule has 0 spiro atoms.